The van der Waals surface area contributed by atoms with E-state index in [1.54, 1.807) is 6.07 Å². The molecule has 0 amide bonds. The van der Waals surface area contributed by atoms with Gasteiger partial charge in [0.25, 0.3) is 0 Å². The van der Waals surface area contributed by atoms with Gasteiger partial charge in [0.15, 0.2) is 0 Å². The van der Waals surface area contributed by atoms with Gasteiger partial charge in [-0.3, -0.25) is 0 Å². The van der Waals surface area contributed by atoms with E-state index >= 15 is 0 Å². The minimum absolute atomic E-state index is 0.363. The fourth-order valence-electron chi connectivity index (χ4n) is 1.60. The Hall–Kier alpha value is -0.280. The van der Waals surface area contributed by atoms with Crippen LogP contribution >= 0.6 is 23.2 Å². The number of hydrogen-bond donors (Lipinski definition) is 2. The zero-order chi connectivity index (χ0) is 11.5. The van der Waals surface area contributed by atoms with Gasteiger partial charge >= 0.3 is 0 Å². The summed E-state index contributed by atoms with van der Waals surface area (Å²) >= 11 is 11.7. The van der Waals surface area contributed by atoms with E-state index in [0.717, 1.165) is 5.56 Å². The summed E-state index contributed by atoms with van der Waals surface area (Å²) in [6.45, 7) is 0.644. The van der Waals surface area contributed by atoms with Crippen molar-refractivity contribution in [2.24, 2.45) is 0 Å². The van der Waals surface area contributed by atoms with E-state index < -0.39 is 0 Å². The van der Waals surface area contributed by atoms with Crippen molar-refractivity contribution in [3.63, 3.8) is 0 Å². The van der Waals surface area contributed by atoms with E-state index in [-0.39, 0.29) is 6.10 Å². The summed E-state index contributed by atoms with van der Waals surface area (Å²) < 4.78 is 0. The number of aliphatic hydroxyl groups is 1. The lowest BCUT2D eigenvalue weighted by Crippen LogP contribution is -2.29. The molecule has 0 aliphatic heterocycles. The van der Waals surface area contributed by atoms with E-state index in [0.29, 0.717) is 29.1 Å². The van der Waals surface area contributed by atoms with Gasteiger partial charge in [-0.1, -0.05) is 29.3 Å². The van der Waals surface area contributed by atoms with Crippen molar-refractivity contribution in [2.45, 2.75) is 31.4 Å². The van der Waals surface area contributed by atoms with Crippen LogP contribution in [0.5, 0.6) is 0 Å². The van der Waals surface area contributed by atoms with Gasteiger partial charge in [-0.15, -0.1) is 0 Å². The maximum atomic E-state index is 9.80. The predicted octanol–water partition coefficient (Wildman–Crippen LogP) is 2.65. The Morgan fingerprint density at radius 3 is 2.69 bits per heavy atom. The SMILES string of the molecule is OC(CNC1CC1)Cc1ccc(Cl)c(Cl)c1. The van der Waals surface area contributed by atoms with Crippen LogP contribution < -0.4 is 5.32 Å². The van der Waals surface area contributed by atoms with Crippen molar-refractivity contribution in [2.75, 3.05) is 6.54 Å². The Morgan fingerprint density at radius 1 is 1.31 bits per heavy atom. The van der Waals surface area contributed by atoms with Crippen LogP contribution in [0.3, 0.4) is 0 Å². The molecule has 16 heavy (non-hydrogen) atoms. The molecular weight excluding hydrogens is 245 g/mol. The molecule has 0 bridgehead atoms. The first-order valence-corrected chi connectivity index (χ1v) is 6.26. The first-order chi connectivity index (χ1) is 7.65. The molecule has 88 valence electrons. The molecule has 1 fully saturated rings. The van der Waals surface area contributed by atoms with Gasteiger partial charge in [-0.05, 0) is 37.0 Å². The molecule has 0 aromatic heterocycles. The Balaban J connectivity index is 1.84. The summed E-state index contributed by atoms with van der Waals surface area (Å²) in [5.41, 5.74) is 1.01. The molecule has 2 nitrogen and oxygen atoms in total. The molecule has 1 aromatic carbocycles. The molecule has 1 saturated carbocycles. The molecule has 1 atom stereocenters. The average Bonchev–Trinajstić information content (AvgIpc) is 3.04. The molecular formula is C12H15Cl2NO. The standard InChI is InChI=1S/C12H15Cl2NO/c13-11-4-1-8(6-12(11)14)5-10(16)7-15-9-2-3-9/h1,4,6,9-10,15-16H,2-3,5,7H2. The molecule has 0 radical (unpaired) electrons. The summed E-state index contributed by atoms with van der Waals surface area (Å²) in [7, 11) is 0. The lowest BCUT2D eigenvalue weighted by molar-refractivity contribution is 0.171. The smallest absolute Gasteiger partial charge is 0.0704 e. The summed E-state index contributed by atoms with van der Waals surface area (Å²) in [5, 5.41) is 14.2. The van der Waals surface area contributed by atoms with Crippen LogP contribution in [-0.4, -0.2) is 23.8 Å². The predicted molar refractivity (Wildman–Crippen MR) is 67.2 cm³/mol. The fourth-order valence-corrected chi connectivity index (χ4v) is 1.92. The number of halogens is 2. The topological polar surface area (TPSA) is 32.3 Å². The first-order valence-electron chi connectivity index (χ1n) is 5.50. The zero-order valence-corrected chi connectivity index (χ0v) is 10.4. The van der Waals surface area contributed by atoms with Crippen molar-refractivity contribution in [3.05, 3.63) is 33.8 Å². The van der Waals surface area contributed by atoms with Gasteiger partial charge in [0.05, 0.1) is 16.1 Å². The fraction of sp³-hybridized carbons (Fsp3) is 0.500. The second kappa shape index (κ2) is 5.37. The first kappa shape index (κ1) is 12.2. The Morgan fingerprint density at radius 2 is 2.06 bits per heavy atom. The average molecular weight is 260 g/mol. The van der Waals surface area contributed by atoms with E-state index in [1.807, 2.05) is 12.1 Å². The van der Waals surface area contributed by atoms with Crippen LogP contribution in [0.4, 0.5) is 0 Å². The van der Waals surface area contributed by atoms with Crippen LogP contribution in [0.25, 0.3) is 0 Å². The second-order valence-electron chi connectivity index (χ2n) is 4.29. The molecule has 1 aromatic rings. The van der Waals surface area contributed by atoms with Gasteiger partial charge in [0.2, 0.25) is 0 Å². The van der Waals surface area contributed by atoms with Gasteiger partial charge in [0.1, 0.15) is 0 Å². The third kappa shape index (κ3) is 3.63. The molecule has 1 aliphatic rings. The second-order valence-corrected chi connectivity index (χ2v) is 5.10. The summed E-state index contributed by atoms with van der Waals surface area (Å²) in [6.07, 6.45) is 2.72. The highest BCUT2D eigenvalue weighted by molar-refractivity contribution is 6.42. The highest BCUT2D eigenvalue weighted by atomic mass is 35.5. The Labute approximate surface area is 106 Å². The zero-order valence-electron chi connectivity index (χ0n) is 8.92. The molecule has 2 N–H and O–H groups in total. The van der Waals surface area contributed by atoms with Crippen LogP contribution in [0.1, 0.15) is 18.4 Å². The number of hydrogen-bond acceptors (Lipinski definition) is 2. The summed E-state index contributed by atoms with van der Waals surface area (Å²) in [5.74, 6) is 0. The maximum absolute atomic E-state index is 9.80. The number of aliphatic hydroxyl groups excluding tert-OH is 1. The van der Waals surface area contributed by atoms with Crippen LogP contribution in [0.15, 0.2) is 18.2 Å². The monoisotopic (exact) mass is 259 g/mol. The van der Waals surface area contributed by atoms with E-state index in [2.05, 4.69) is 5.32 Å². The van der Waals surface area contributed by atoms with E-state index in [9.17, 15) is 5.11 Å². The number of benzene rings is 1. The van der Waals surface area contributed by atoms with Gasteiger partial charge in [0, 0.05) is 12.6 Å². The third-order valence-electron chi connectivity index (χ3n) is 2.67. The highest BCUT2D eigenvalue weighted by Crippen LogP contribution is 2.23. The largest absolute Gasteiger partial charge is 0.391 e. The lowest BCUT2D eigenvalue weighted by Gasteiger charge is -2.11. The van der Waals surface area contributed by atoms with Crippen LogP contribution in [-0.2, 0) is 6.42 Å². The molecule has 1 unspecified atom stereocenters. The normalized spacial score (nSPS) is 17.4. The molecule has 1 aliphatic carbocycles. The van der Waals surface area contributed by atoms with Gasteiger partial charge in [-0.25, -0.2) is 0 Å². The molecule has 4 heteroatoms. The Bertz CT molecular complexity index is 366. The molecule has 0 heterocycles. The van der Waals surface area contributed by atoms with Crippen molar-refractivity contribution >= 4 is 23.2 Å². The Kier molecular flexibility index (Phi) is 4.09. The van der Waals surface area contributed by atoms with Crippen molar-refractivity contribution in [1.29, 1.82) is 0 Å². The van der Waals surface area contributed by atoms with Crippen molar-refractivity contribution in [1.82, 2.24) is 5.32 Å². The van der Waals surface area contributed by atoms with Gasteiger partial charge < -0.3 is 10.4 Å². The maximum Gasteiger partial charge on any atom is 0.0704 e. The van der Waals surface area contributed by atoms with E-state index in [4.69, 9.17) is 23.2 Å². The highest BCUT2D eigenvalue weighted by Gasteiger charge is 2.21. The molecule has 2 rings (SSSR count). The van der Waals surface area contributed by atoms with Crippen molar-refractivity contribution < 1.29 is 5.11 Å². The third-order valence-corrected chi connectivity index (χ3v) is 3.41. The molecule has 0 saturated heterocycles. The number of rotatable bonds is 5. The molecule has 0 spiro atoms. The lowest BCUT2D eigenvalue weighted by atomic mass is 10.1. The minimum atomic E-state index is -0.363. The summed E-state index contributed by atoms with van der Waals surface area (Å²) in [4.78, 5) is 0. The van der Waals surface area contributed by atoms with Crippen LogP contribution in [0, 0.1) is 0 Å². The van der Waals surface area contributed by atoms with E-state index in [1.165, 1.54) is 12.8 Å². The quantitative estimate of drug-likeness (QED) is 0.853. The minimum Gasteiger partial charge on any atom is -0.391 e. The van der Waals surface area contributed by atoms with Gasteiger partial charge in [-0.2, -0.15) is 0 Å². The van der Waals surface area contributed by atoms with Crippen molar-refractivity contribution in [3.8, 4) is 0 Å². The van der Waals surface area contributed by atoms with Crippen LogP contribution in [0.2, 0.25) is 10.0 Å². The summed E-state index contributed by atoms with van der Waals surface area (Å²) in [6, 6.07) is 6.10. The number of nitrogens with one attached hydrogen (secondary N) is 1.